The van der Waals surface area contributed by atoms with Crippen molar-refractivity contribution in [3.8, 4) is 11.5 Å². The van der Waals surface area contributed by atoms with Crippen LogP contribution in [-0.2, 0) is 18.9 Å². The molecule has 7 nitrogen and oxygen atoms in total. The van der Waals surface area contributed by atoms with Gasteiger partial charge in [-0.25, -0.2) is 4.79 Å². The zero-order valence-corrected chi connectivity index (χ0v) is 25.5. The quantitative estimate of drug-likeness (QED) is 0.163. The van der Waals surface area contributed by atoms with Gasteiger partial charge in [-0.2, -0.15) is 0 Å². The molecule has 5 atom stereocenters. The maximum atomic E-state index is 13.5. The van der Waals surface area contributed by atoms with Crippen LogP contribution >= 0.6 is 0 Å². The molecule has 0 N–H and O–H groups in total. The van der Waals surface area contributed by atoms with Gasteiger partial charge in [-0.05, 0) is 44.9 Å². The van der Waals surface area contributed by atoms with E-state index >= 15 is 0 Å². The number of methoxy groups -OCH3 is 1. The average Bonchev–Trinajstić information content (AvgIpc) is 3.13. The number of ether oxygens (including phenoxy) is 6. The summed E-state index contributed by atoms with van der Waals surface area (Å²) in [5, 5.41) is 0. The van der Waals surface area contributed by atoms with E-state index in [1.54, 1.807) is 13.2 Å². The van der Waals surface area contributed by atoms with Gasteiger partial charge in [0.15, 0.2) is 12.6 Å². The van der Waals surface area contributed by atoms with Crippen molar-refractivity contribution in [3.05, 3.63) is 41.5 Å². The van der Waals surface area contributed by atoms with Crippen LogP contribution in [-0.4, -0.2) is 58.7 Å². The number of carbonyl (C=O) groups excluding carboxylic acids is 1. The van der Waals surface area contributed by atoms with E-state index in [9.17, 15) is 4.79 Å². The lowest BCUT2D eigenvalue weighted by Crippen LogP contribution is -2.29. The number of hydrogen-bond acceptors (Lipinski definition) is 7. The van der Waals surface area contributed by atoms with Crippen LogP contribution in [0.1, 0.15) is 57.0 Å². The molecule has 1 fully saturated rings. The molecule has 3 rings (SSSR count). The first kappa shape index (κ1) is 30.4. The van der Waals surface area contributed by atoms with Crippen molar-refractivity contribution < 1.29 is 33.2 Å². The third-order valence-electron chi connectivity index (χ3n) is 6.92. The minimum atomic E-state index is -1.27. The smallest absolute Gasteiger partial charge is 0.342 e. The molecule has 0 radical (unpaired) electrons. The Bertz CT molecular complexity index is 1010. The molecule has 1 aromatic rings. The number of hydrogen-bond donors (Lipinski definition) is 0. The minimum Gasteiger partial charge on any atom is -0.494 e. The third kappa shape index (κ3) is 8.43. The number of rotatable bonds is 7. The molecule has 0 bridgehead atoms. The van der Waals surface area contributed by atoms with Gasteiger partial charge in [-0.3, -0.25) is 0 Å². The number of benzene rings is 1. The van der Waals surface area contributed by atoms with Gasteiger partial charge >= 0.3 is 5.97 Å². The maximum absolute atomic E-state index is 13.5. The van der Waals surface area contributed by atoms with Gasteiger partial charge in [0.2, 0.25) is 0 Å². The van der Waals surface area contributed by atoms with Crippen LogP contribution in [0.15, 0.2) is 30.4 Å². The fourth-order valence-electron chi connectivity index (χ4n) is 4.53. The van der Waals surface area contributed by atoms with E-state index in [1.807, 2.05) is 45.9 Å². The standard InChI is InChI=1S/C30H46O7Si/c1-20-13-14-21(2)28-25(36-30(4,5)37-28)12-10-11-23-17-24(33-15-16-38(7,8)9)18-26(34-19-32-6)27(23)29(31)35-22(20)3/h10-11,13-14,17-18,20-22,25,28H,12,15-16,19H2,1-9H3/b11-10+,14-13-/t20-,21?,22?,25?,28?/m1/s1. The molecule has 4 unspecified atom stereocenters. The second-order valence-corrected chi connectivity index (χ2v) is 17.7. The molecular formula is C30H46O7Si. The first-order valence-corrected chi connectivity index (χ1v) is 17.3. The summed E-state index contributed by atoms with van der Waals surface area (Å²) in [5.41, 5.74) is 1.02. The lowest BCUT2D eigenvalue weighted by Gasteiger charge is -2.23. The van der Waals surface area contributed by atoms with Crippen LogP contribution in [0, 0.1) is 11.8 Å². The first-order valence-electron chi connectivity index (χ1n) is 13.6. The van der Waals surface area contributed by atoms with E-state index in [-0.39, 0.29) is 36.9 Å². The van der Waals surface area contributed by atoms with Crippen molar-refractivity contribution in [3.63, 3.8) is 0 Å². The molecule has 2 aliphatic heterocycles. The van der Waals surface area contributed by atoms with Crippen molar-refractivity contribution >= 4 is 20.1 Å². The summed E-state index contributed by atoms with van der Waals surface area (Å²) >= 11 is 0. The van der Waals surface area contributed by atoms with Gasteiger partial charge in [0.05, 0.1) is 18.8 Å². The molecule has 0 aromatic heterocycles. The molecule has 1 aromatic carbocycles. The Morgan fingerprint density at radius 2 is 1.74 bits per heavy atom. The number of carbonyl (C=O) groups is 1. The van der Waals surface area contributed by atoms with Crippen LogP contribution in [0.2, 0.25) is 25.7 Å². The minimum absolute atomic E-state index is 0.00160. The Balaban J connectivity index is 2.03. The Morgan fingerprint density at radius 1 is 1.03 bits per heavy atom. The highest BCUT2D eigenvalue weighted by Gasteiger charge is 2.42. The Morgan fingerprint density at radius 3 is 2.42 bits per heavy atom. The fraction of sp³-hybridized carbons (Fsp3) is 0.633. The average molecular weight is 547 g/mol. The topological polar surface area (TPSA) is 72.5 Å². The first-order chi connectivity index (χ1) is 17.8. The highest BCUT2D eigenvalue weighted by molar-refractivity contribution is 6.76. The number of fused-ring (bicyclic) bond motifs is 2. The third-order valence-corrected chi connectivity index (χ3v) is 8.62. The van der Waals surface area contributed by atoms with Crippen LogP contribution in [0.5, 0.6) is 11.5 Å². The highest BCUT2D eigenvalue weighted by Crippen LogP contribution is 2.36. The van der Waals surface area contributed by atoms with Crippen LogP contribution < -0.4 is 9.47 Å². The number of cyclic esters (lactones) is 1. The van der Waals surface area contributed by atoms with Crippen LogP contribution in [0.4, 0.5) is 0 Å². The molecule has 212 valence electrons. The zero-order chi connectivity index (χ0) is 28.1. The van der Waals surface area contributed by atoms with Gasteiger partial charge in [-0.1, -0.05) is 57.8 Å². The molecule has 2 aliphatic rings. The fourth-order valence-corrected chi connectivity index (χ4v) is 5.24. The lowest BCUT2D eigenvalue weighted by molar-refractivity contribution is -0.148. The number of esters is 1. The van der Waals surface area contributed by atoms with Gasteiger partial charge in [0.25, 0.3) is 0 Å². The summed E-state index contributed by atoms with van der Waals surface area (Å²) in [7, 11) is 0.275. The summed E-state index contributed by atoms with van der Waals surface area (Å²) in [5.74, 6) is 0.0532. The van der Waals surface area contributed by atoms with Gasteiger partial charge in [0.1, 0.15) is 23.2 Å². The molecular weight excluding hydrogens is 500 g/mol. The zero-order valence-electron chi connectivity index (χ0n) is 24.5. The maximum Gasteiger partial charge on any atom is 0.342 e. The van der Waals surface area contributed by atoms with Crippen molar-refractivity contribution in [1.29, 1.82) is 0 Å². The normalized spacial score (nSPS) is 29.4. The highest BCUT2D eigenvalue weighted by atomic mass is 28.3. The van der Waals surface area contributed by atoms with Gasteiger partial charge in [0, 0.05) is 33.1 Å². The Labute approximate surface area is 229 Å². The molecule has 38 heavy (non-hydrogen) atoms. The summed E-state index contributed by atoms with van der Waals surface area (Å²) in [6.07, 6.45) is 8.25. The summed E-state index contributed by atoms with van der Waals surface area (Å²) in [6.45, 7) is 17.5. The van der Waals surface area contributed by atoms with Crippen molar-refractivity contribution in [2.75, 3.05) is 20.5 Å². The summed E-state index contributed by atoms with van der Waals surface area (Å²) < 4.78 is 35.6. The van der Waals surface area contributed by atoms with E-state index in [1.165, 1.54) is 0 Å². The van der Waals surface area contributed by atoms with Crippen molar-refractivity contribution in [1.82, 2.24) is 0 Å². The van der Waals surface area contributed by atoms with Crippen molar-refractivity contribution in [2.45, 2.75) is 90.8 Å². The Kier molecular flexibility index (Phi) is 10.3. The summed E-state index contributed by atoms with van der Waals surface area (Å²) in [4.78, 5) is 13.5. The van der Waals surface area contributed by atoms with Crippen LogP contribution in [0.25, 0.3) is 6.08 Å². The molecule has 8 heteroatoms. The molecule has 0 aliphatic carbocycles. The molecule has 0 saturated carbocycles. The van der Waals surface area contributed by atoms with E-state index < -0.39 is 19.8 Å². The van der Waals surface area contributed by atoms with Gasteiger partial charge < -0.3 is 28.4 Å². The molecule has 0 spiro atoms. The van der Waals surface area contributed by atoms with E-state index in [0.717, 1.165) is 6.04 Å². The molecule has 0 amide bonds. The SMILES string of the molecule is COCOc1cc(OCC[Si](C)(C)C)cc2c1C(=O)OC(C)[C@H](C)/C=C\C(C)C1OC(C)(C)OC1C/C=C/2. The summed E-state index contributed by atoms with van der Waals surface area (Å²) in [6, 6.07) is 4.66. The predicted molar refractivity (Wildman–Crippen MR) is 152 cm³/mol. The van der Waals surface area contributed by atoms with E-state index in [4.69, 9.17) is 28.4 Å². The van der Waals surface area contributed by atoms with Gasteiger partial charge in [-0.15, -0.1) is 0 Å². The Hall–Kier alpha value is -2.13. The predicted octanol–water partition coefficient (Wildman–Crippen LogP) is 6.70. The largest absolute Gasteiger partial charge is 0.494 e. The van der Waals surface area contributed by atoms with Crippen LogP contribution in [0.3, 0.4) is 0 Å². The second-order valence-electron chi connectivity index (χ2n) is 12.1. The molecule has 1 saturated heterocycles. The van der Waals surface area contributed by atoms with E-state index in [2.05, 4.69) is 38.7 Å². The monoisotopic (exact) mass is 546 g/mol. The lowest BCUT2D eigenvalue weighted by atomic mass is 9.94. The van der Waals surface area contributed by atoms with Crippen molar-refractivity contribution in [2.24, 2.45) is 11.8 Å². The van der Waals surface area contributed by atoms with E-state index in [0.29, 0.717) is 35.7 Å². The molecule has 2 heterocycles. The second kappa shape index (κ2) is 12.8.